The first-order chi connectivity index (χ1) is 13.1. The number of carboxylic acid groups (broad SMARTS) is 1. The molecule has 4 nitrogen and oxygen atoms in total. The molecule has 4 aromatic rings. The number of aryl methyl sites for hydroxylation is 1. The second kappa shape index (κ2) is 7.93. The van der Waals surface area contributed by atoms with Crippen molar-refractivity contribution in [1.29, 1.82) is 0 Å². The van der Waals surface area contributed by atoms with Crippen LogP contribution in [0.1, 0.15) is 21.5 Å². The molecule has 1 N–H and O–H groups in total. The Morgan fingerprint density at radius 1 is 0.926 bits per heavy atom. The van der Waals surface area contributed by atoms with Gasteiger partial charge in [-0.15, -0.1) is 11.3 Å². The lowest BCUT2D eigenvalue weighted by Gasteiger charge is -2.10. The fourth-order valence-corrected chi connectivity index (χ4v) is 4.11. The van der Waals surface area contributed by atoms with Gasteiger partial charge in [-0.25, -0.2) is 0 Å². The normalized spacial score (nSPS) is 10.3. The van der Waals surface area contributed by atoms with E-state index in [1.54, 1.807) is 23.5 Å². The van der Waals surface area contributed by atoms with E-state index in [9.17, 15) is 9.59 Å². The van der Waals surface area contributed by atoms with Crippen molar-refractivity contribution < 1.29 is 14.7 Å². The minimum absolute atomic E-state index is 0.0673. The maximum atomic E-state index is 13.1. The van der Waals surface area contributed by atoms with Crippen molar-refractivity contribution >= 4 is 43.8 Å². The van der Waals surface area contributed by atoms with Crippen LogP contribution in [-0.2, 0) is 4.79 Å². The highest BCUT2D eigenvalue weighted by atomic mass is 32.1. The molecule has 1 aromatic heterocycles. The molecule has 0 saturated carbocycles. The molecule has 0 aliphatic heterocycles. The van der Waals surface area contributed by atoms with Crippen LogP contribution in [-0.4, -0.2) is 17.4 Å². The molecule has 0 radical (unpaired) electrons. The summed E-state index contributed by atoms with van der Waals surface area (Å²) >= 11 is 1.55. The van der Waals surface area contributed by atoms with Gasteiger partial charge in [0.15, 0.2) is 11.2 Å². The summed E-state index contributed by atoms with van der Waals surface area (Å²) in [6.07, 6.45) is 0. The third-order valence-electron chi connectivity index (χ3n) is 4.22. The second-order valence-corrected chi connectivity index (χ2v) is 6.94. The van der Waals surface area contributed by atoms with E-state index in [4.69, 9.17) is 9.90 Å². The maximum Gasteiger partial charge on any atom is 0.290 e. The van der Waals surface area contributed by atoms with E-state index in [0.717, 1.165) is 15.0 Å². The Kier molecular flexibility index (Phi) is 5.43. The number of hydrogen-bond acceptors (Lipinski definition) is 4. The quantitative estimate of drug-likeness (QED) is 0.314. The number of ketones is 1. The lowest BCUT2D eigenvalue weighted by Crippen LogP contribution is -2.11. The summed E-state index contributed by atoms with van der Waals surface area (Å²) < 4.78 is 1.79. The molecule has 0 fully saturated rings. The molecule has 134 valence electrons. The van der Waals surface area contributed by atoms with E-state index >= 15 is 0 Å². The number of benzene rings is 3. The van der Waals surface area contributed by atoms with E-state index in [-0.39, 0.29) is 17.7 Å². The van der Waals surface area contributed by atoms with Crippen LogP contribution in [0.15, 0.2) is 71.5 Å². The van der Waals surface area contributed by atoms with Crippen molar-refractivity contribution in [3.63, 3.8) is 0 Å². The molecule has 0 amide bonds. The zero-order valence-electron chi connectivity index (χ0n) is 14.5. The largest absolute Gasteiger partial charge is 0.483 e. The Labute approximate surface area is 159 Å². The lowest BCUT2D eigenvalue weighted by atomic mass is 9.95. The van der Waals surface area contributed by atoms with Crippen LogP contribution in [0.25, 0.3) is 20.2 Å². The van der Waals surface area contributed by atoms with Gasteiger partial charge < -0.3 is 5.11 Å². The molecule has 27 heavy (non-hydrogen) atoms. The molecule has 0 aliphatic carbocycles. The van der Waals surface area contributed by atoms with E-state index < -0.39 is 0 Å². The van der Waals surface area contributed by atoms with Crippen LogP contribution < -0.4 is 5.43 Å². The molecule has 3 aromatic carbocycles. The number of hydrogen-bond donors (Lipinski definition) is 1. The van der Waals surface area contributed by atoms with Crippen molar-refractivity contribution in [2.75, 3.05) is 0 Å². The van der Waals surface area contributed by atoms with Crippen molar-refractivity contribution in [3.05, 3.63) is 93.6 Å². The molecule has 0 bridgehead atoms. The van der Waals surface area contributed by atoms with Crippen LogP contribution in [0, 0.1) is 6.92 Å². The minimum Gasteiger partial charge on any atom is -0.483 e. The summed E-state index contributed by atoms with van der Waals surface area (Å²) in [5, 5.41) is 8.09. The van der Waals surface area contributed by atoms with Gasteiger partial charge >= 0.3 is 0 Å². The van der Waals surface area contributed by atoms with Gasteiger partial charge in [-0.05, 0) is 30.7 Å². The Bertz CT molecular complexity index is 1190. The smallest absolute Gasteiger partial charge is 0.290 e. The molecule has 0 atom stereocenters. The van der Waals surface area contributed by atoms with Crippen molar-refractivity contribution in [2.45, 2.75) is 6.92 Å². The van der Waals surface area contributed by atoms with Gasteiger partial charge in [0.2, 0.25) is 0 Å². The fraction of sp³-hybridized carbons (Fsp3) is 0.0455. The summed E-state index contributed by atoms with van der Waals surface area (Å²) in [6.45, 7) is 1.63. The van der Waals surface area contributed by atoms with Gasteiger partial charge in [0.25, 0.3) is 6.47 Å². The molecular formula is C22H16O4S. The minimum atomic E-state index is -0.250. The fourth-order valence-electron chi connectivity index (χ4n) is 3.02. The van der Waals surface area contributed by atoms with E-state index in [0.29, 0.717) is 21.9 Å². The summed E-state index contributed by atoms with van der Waals surface area (Å²) in [5.74, 6) is -0.0988. The first kappa shape index (κ1) is 18.5. The van der Waals surface area contributed by atoms with Crippen LogP contribution in [0.5, 0.6) is 0 Å². The number of carbonyl (C=O) groups is 2. The van der Waals surface area contributed by atoms with Crippen LogP contribution in [0.2, 0.25) is 0 Å². The van der Waals surface area contributed by atoms with Crippen molar-refractivity contribution in [3.8, 4) is 0 Å². The topological polar surface area (TPSA) is 71.4 Å². The summed E-state index contributed by atoms with van der Waals surface area (Å²) in [5.41, 5.74) is 1.88. The SMILES string of the molecule is Cc1ccc2sc3ccccc3c(=O)c2c1C(=O)c1ccccc1.O=CO. The Balaban J connectivity index is 0.000000659. The van der Waals surface area contributed by atoms with E-state index in [1.807, 2.05) is 61.5 Å². The lowest BCUT2D eigenvalue weighted by molar-refractivity contribution is -0.122. The number of carbonyl (C=O) groups excluding carboxylic acids is 1. The maximum absolute atomic E-state index is 13.1. The molecule has 0 aliphatic rings. The Hall–Kier alpha value is -3.31. The summed E-state index contributed by atoms with van der Waals surface area (Å²) in [4.78, 5) is 34.4. The highest BCUT2D eigenvalue weighted by Gasteiger charge is 2.18. The average Bonchev–Trinajstić information content (AvgIpc) is 2.69. The van der Waals surface area contributed by atoms with Crippen LogP contribution in [0.4, 0.5) is 0 Å². The predicted molar refractivity (Wildman–Crippen MR) is 109 cm³/mol. The summed E-state index contributed by atoms with van der Waals surface area (Å²) in [6, 6.07) is 20.5. The monoisotopic (exact) mass is 376 g/mol. The average molecular weight is 376 g/mol. The third-order valence-corrected chi connectivity index (χ3v) is 5.35. The molecule has 4 rings (SSSR count). The predicted octanol–water partition coefficient (Wildman–Crippen LogP) is 4.65. The van der Waals surface area contributed by atoms with Crippen molar-refractivity contribution in [2.24, 2.45) is 0 Å². The molecule has 5 heteroatoms. The molecule has 1 heterocycles. The highest BCUT2D eigenvalue weighted by Crippen LogP contribution is 2.29. The second-order valence-electron chi connectivity index (χ2n) is 5.86. The molecule has 0 saturated heterocycles. The first-order valence-electron chi connectivity index (χ1n) is 8.21. The molecular weight excluding hydrogens is 360 g/mol. The molecule has 0 unspecified atom stereocenters. The number of fused-ring (bicyclic) bond motifs is 2. The standard InChI is InChI=1S/C21H14O2S.CH2O2/c1-13-11-12-17-19(18(13)20(22)14-7-3-2-4-8-14)21(23)15-9-5-6-10-16(15)24-17;2-1-3/h2-12H,1H3;1H,(H,2,3). The van der Waals surface area contributed by atoms with Crippen LogP contribution in [0.3, 0.4) is 0 Å². The van der Waals surface area contributed by atoms with Gasteiger partial charge in [-0.1, -0.05) is 48.5 Å². The van der Waals surface area contributed by atoms with Gasteiger partial charge in [-0.2, -0.15) is 0 Å². The Morgan fingerprint density at radius 2 is 1.56 bits per heavy atom. The van der Waals surface area contributed by atoms with Gasteiger partial charge in [-0.3, -0.25) is 14.4 Å². The third kappa shape index (κ3) is 3.50. The van der Waals surface area contributed by atoms with Gasteiger partial charge in [0.05, 0.1) is 5.39 Å². The van der Waals surface area contributed by atoms with Crippen LogP contribution >= 0.6 is 11.3 Å². The van der Waals surface area contributed by atoms with Gasteiger partial charge in [0, 0.05) is 25.9 Å². The first-order valence-corrected chi connectivity index (χ1v) is 9.03. The number of rotatable bonds is 2. The van der Waals surface area contributed by atoms with E-state index in [1.165, 1.54) is 0 Å². The van der Waals surface area contributed by atoms with Crippen molar-refractivity contribution in [1.82, 2.24) is 0 Å². The zero-order chi connectivity index (χ0) is 19.4. The highest BCUT2D eigenvalue weighted by molar-refractivity contribution is 7.24. The molecule has 0 spiro atoms. The zero-order valence-corrected chi connectivity index (χ0v) is 15.3. The Morgan fingerprint density at radius 3 is 2.26 bits per heavy atom. The van der Waals surface area contributed by atoms with E-state index in [2.05, 4.69) is 0 Å². The van der Waals surface area contributed by atoms with Gasteiger partial charge in [0.1, 0.15) is 0 Å². The summed E-state index contributed by atoms with van der Waals surface area (Å²) in [7, 11) is 0.